The third-order valence-corrected chi connectivity index (χ3v) is 5.10. The predicted molar refractivity (Wildman–Crippen MR) is 110 cm³/mol. The highest BCUT2D eigenvalue weighted by atomic mass is 16.5. The molecule has 1 atom stereocenters. The van der Waals surface area contributed by atoms with E-state index in [4.69, 9.17) is 4.74 Å². The normalized spacial score (nSPS) is 15.4. The number of amides is 1. The van der Waals surface area contributed by atoms with Crippen LogP contribution in [0, 0.1) is 11.8 Å². The first-order valence-corrected chi connectivity index (χ1v) is 9.42. The molecule has 0 unspecified atom stereocenters. The van der Waals surface area contributed by atoms with E-state index in [1.54, 1.807) is 0 Å². The van der Waals surface area contributed by atoms with Crippen molar-refractivity contribution >= 4 is 22.5 Å². The average Bonchev–Trinajstić information content (AvgIpc) is 2.67. The molecule has 1 heterocycles. The molecule has 146 valence electrons. The zero-order chi connectivity index (χ0) is 18.5. The largest absolute Gasteiger partial charge is 0.378 e. The van der Waals surface area contributed by atoms with Crippen molar-refractivity contribution in [3.63, 3.8) is 0 Å². The van der Waals surface area contributed by atoms with Crippen molar-refractivity contribution in [2.24, 2.45) is 11.8 Å². The third kappa shape index (κ3) is 5.16. The van der Waals surface area contributed by atoms with Gasteiger partial charge in [-0.25, -0.2) is 0 Å². The predicted octanol–water partition coefficient (Wildman–Crippen LogP) is 4.11. The first-order chi connectivity index (χ1) is 12.6. The van der Waals surface area contributed by atoms with Crippen LogP contribution in [0.5, 0.6) is 0 Å². The molecular formula is C23H31NO3. The van der Waals surface area contributed by atoms with Gasteiger partial charge in [0.2, 0.25) is 5.91 Å². The van der Waals surface area contributed by atoms with Crippen LogP contribution >= 0.6 is 0 Å². The van der Waals surface area contributed by atoms with Crippen LogP contribution in [0.4, 0.5) is 0 Å². The molecule has 1 aliphatic rings. The fourth-order valence-electron chi connectivity index (χ4n) is 3.63. The molecule has 0 aromatic heterocycles. The Kier molecular flexibility index (Phi) is 7.55. The topological polar surface area (TPSA) is 46.6 Å². The Morgan fingerprint density at radius 1 is 1.04 bits per heavy atom. The van der Waals surface area contributed by atoms with Crippen LogP contribution in [0.3, 0.4) is 0 Å². The summed E-state index contributed by atoms with van der Waals surface area (Å²) in [5.74, 6) is -0.129. The molecule has 1 saturated heterocycles. The lowest BCUT2D eigenvalue weighted by molar-refractivity contribution is -0.139. The van der Waals surface area contributed by atoms with Crippen LogP contribution in [0.25, 0.3) is 10.8 Å². The molecule has 4 nitrogen and oxygen atoms in total. The maximum Gasteiger partial charge on any atom is 0.223 e. The van der Waals surface area contributed by atoms with Crippen molar-refractivity contribution < 1.29 is 14.3 Å². The monoisotopic (exact) mass is 369 g/mol. The Morgan fingerprint density at radius 2 is 1.70 bits per heavy atom. The first kappa shape index (κ1) is 21.1. The summed E-state index contributed by atoms with van der Waals surface area (Å²) >= 11 is 0. The van der Waals surface area contributed by atoms with Crippen LogP contribution in [0.15, 0.2) is 42.5 Å². The number of fused-ring (bicyclic) bond motifs is 1. The van der Waals surface area contributed by atoms with E-state index in [0.717, 1.165) is 10.9 Å². The fourth-order valence-corrected chi connectivity index (χ4v) is 3.63. The molecule has 27 heavy (non-hydrogen) atoms. The second-order valence-electron chi connectivity index (χ2n) is 7.29. The number of hydrogen-bond donors (Lipinski definition) is 0. The minimum atomic E-state index is -0.281. The minimum Gasteiger partial charge on any atom is -0.378 e. The Balaban J connectivity index is 0.00000261. The molecule has 1 fully saturated rings. The van der Waals surface area contributed by atoms with Gasteiger partial charge in [-0.2, -0.15) is 0 Å². The van der Waals surface area contributed by atoms with Crippen molar-refractivity contribution in [3.05, 3.63) is 48.0 Å². The average molecular weight is 370 g/mol. The molecule has 0 aliphatic carbocycles. The number of carbonyl (C=O) groups excluding carboxylic acids is 2. The van der Waals surface area contributed by atoms with Crippen molar-refractivity contribution in [1.82, 2.24) is 4.90 Å². The molecular weight excluding hydrogens is 338 g/mol. The van der Waals surface area contributed by atoms with Crippen molar-refractivity contribution in [2.45, 2.75) is 34.1 Å². The smallest absolute Gasteiger partial charge is 0.223 e. The standard InChI is InChI=1S/C22H27NO3.CH4/c1-16(2)22(25)19(15-21(24)23-10-12-26-13-11-23)14-18-8-5-7-17-6-3-4-9-20(17)18;/h3-9,16,19H,10-15H2,1-2H3;1H4/t19-;/m1./s1. The van der Waals surface area contributed by atoms with Gasteiger partial charge in [0.05, 0.1) is 13.2 Å². The maximum atomic E-state index is 12.8. The first-order valence-electron chi connectivity index (χ1n) is 9.42. The number of ketones is 1. The van der Waals surface area contributed by atoms with Crippen LogP contribution in [-0.2, 0) is 20.7 Å². The van der Waals surface area contributed by atoms with E-state index < -0.39 is 0 Å². The summed E-state index contributed by atoms with van der Waals surface area (Å²) in [5, 5.41) is 2.33. The summed E-state index contributed by atoms with van der Waals surface area (Å²) in [5.41, 5.74) is 1.14. The van der Waals surface area contributed by atoms with E-state index in [1.165, 1.54) is 5.39 Å². The number of nitrogens with zero attached hydrogens (tertiary/aromatic N) is 1. The number of ether oxygens (including phenoxy) is 1. The number of hydrogen-bond acceptors (Lipinski definition) is 3. The maximum absolute atomic E-state index is 12.8. The molecule has 1 aliphatic heterocycles. The molecule has 2 aromatic rings. The van der Waals surface area contributed by atoms with Gasteiger partial charge in [0.25, 0.3) is 0 Å². The zero-order valence-corrected chi connectivity index (χ0v) is 15.6. The van der Waals surface area contributed by atoms with E-state index in [2.05, 4.69) is 24.3 Å². The van der Waals surface area contributed by atoms with Crippen LogP contribution < -0.4 is 0 Å². The van der Waals surface area contributed by atoms with Gasteiger partial charge in [0, 0.05) is 31.3 Å². The molecule has 0 N–H and O–H groups in total. The van der Waals surface area contributed by atoms with E-state index in [0.29, 0.717) is 32.7 Å². The summed E-state index contributed by atoms with van der Waals surface area (Å²) in [7, 11) is 0. The van der Waals surface area contributed by atoms with E-state index in [1.807, 2.05) is 36.9 Å². The quantitative estimate of drug-likeness (QED) is 0.770. The lowest BCUT2D eigenvalue weighted by Crippen LogP contribution is -2.42. The number of Topliss-reactive ketones (excluding diaryl/α,β-unsaturated/α-hetero) is 1. The van der Waals surface area contributed by atoms with Crippen LogP contribution in [-0.4, -0.2) is 42.9 Å². The van der Waals surface area contributed by atoms with Gasteiger partial charge < -0.3 is 9.64 Å². The molecule has 0 saturated carbocycles. The summed E-state index contributed by atoms with van der Waals surface area (Å²) in [6.07, 6.45) is 0.884. The third-order valence-electron chi connectivity index (χ3n) is 5.10. The molecule has 1 amide bonds. The number of morpholine rings is 1. The van der Waals surface area contributed by atoms with Crippen LogP contribution in [0.2, 0.25) is 0 Å². The van der Waals surface area contributed by atoms with Crippen molar-refractivity contribution in [2.75, 3.05) is 26.3 Å². The molecule has 2 aromatic carbocycles. The lowest BCUT2D eigenvalue weighted by Gasteiger charge is -2.28. The zero-order valence-electron chi connectivity index (χ0n) is 15.6. The highest BCUT2D eigenvalue weighted by Gasteiger charge is 2.27. The highest BCUT2D eigenvalue weighted by Crippen LogP contribution is 2.25. The summed E-state index contributed by atoms with van der Waals surface area (Å²) in [6.45, 7) is 6.23. The Morgan fingerprint density at radius 3 is 2.41 bits per heavy atom. The second-order valence-corrected chi connectivity index (χ2v) is 7.29. The molecule has 0 bridgehead atoms. The number of benzene rings is 2. The minimum absolute atomic E-state index is 0. The molecule has 3 rings (SSSR count). The van der Waals surface area contributed by atoms with Gasteiger partial charge in [-0.15, -0.1) is 0 Å². The fraction of sp³-hybridized carbons (Fsp3) is 0.478. The van der Waals surface area contributed by atoms with Crippen molar-refractivity contribution in [1.29, 1.82) is 0 Å². The summed E-state index contributed by atoms with van der Waals surface area (Å²) in [6, 6.07) is 14.4. The van der Waals surface area contributed by atoms with E-state index in [-0.39, 0.29) is 37.4 Å². The molecule has 4 heteroatoms. The van der Waals surface area contributed by atoms with E-state index in [9.17, 15) is 9.59 Å². The van der Waals surface area contributed by atoms with Gasteiger partial charge in [-0.3, -0.25) is 9.59 Å². The molecule has 0 radical (unpaired) electrons. The van der Waals surface area contributed by atoms with Gasteiger partial charge in [-0.05, 0) is 22.8 Å². The van der Waals surface area contributed by atoms with Gasteiger partial charge in [-0.1, -0.05) is 63.7 Å². The van der Waals surface area contributed by atoms with Crippen LogP contribution in [0.1, 0.15) is 33.3 Å². The highest BCUT2D eigenvalue weighted by molar-refractivity contribution is 5.90. The summed E-state index contributed by atoms with van der Waals surface area (Å²) in [4.78, 5) is 27.3. The Bertz CT molecular complexity index is 773. The van der Waals surface area contributed by atoms with Gasteiger partial charge >= 0.3 is 0 Å². The Hall–Kier alpha value is -2.20. The lowest BCUT2D eigenvalue weighted by atomic mass is 9.85. The number of rotatable bonds is 6. The van der Waals surface area contributed by atoms with Gasteiger partial charge in [0.1, 0.15) is 5.78 Å². The summed E-state index contributed by atoms with van der Waals surface area (Å²) < 4.78 is 5.32. The van der Waals surface area contributed by atoms with Gasteiger partial charge in [0.15, 0.2) is 0 Å². The number of carbonyl (C=O) groups is 2. The second kappa shape index (κ2) is 9.65. The Labute approximate surface area is 162 Å². The van der Waals surface area contributed by atoms with E-state index >= 15 is 0 Å². The SMILES string of the molecule is C.CC(C)C(=O)[C@@H](CC(=O)N1CCOCC1)Cc1cccc2ccccc12. The molecule has 0 spiro atoms. The van der Waals surface area contributed by atoms with Crippen molar-refractivity contribution in [3.8, 4) is 0 Å².